The third-order valence-electron chi connectivity index (χ3n) is 2.80. The lowest BCUT2D eigenvalue weighted by Crippen LogP contribution is -2.02. The highest BCUT2D eigenvalue weighted by Crippen LogP contribution is 2.24. The molecule has 1 N–H and O–H groups in total. The number of nitrogens with zero attached hydrogens (tertiary/aromatic N) is 3. The summed E-state index contributed by atoms with van der Waals surface area (Å²) in [4.78, 5) is 12.9. The summed E-state index contributed by atoms with van der Waals surface area (Å²) in [6.07, 6.45) is 1.79. The number of fused-ring (bicyclic) bond motifs is 1. The van der Waals surface area contributed by atoms with Crippen LogP contribution < -0.4 is 5.32 Å². The number of hydrogen-bond donors (Lipinski definition) is 1. The molecule has 0 spiro atoms. The average Bonchev–Trinajstić information content (AvgIpc) is 2.75. The van der Waals surface area contributed by atoms with E-state index in [2.05, 4.69) is 32.4 Å². The first-order valence-electron chi connectivity index (χ1n) is 6.10. The van der Waals surface area contributed by atoms with Crippen molar-refractivity contribution >= 4 is 27.2 Å². The predicted molar refractivity (Wildman–Crippen MR) is 78.5 cm³/mol. The Morgan fingerprint density at radius 1 is 1.16 bits per heavy atom. The van der Waals surface area contributed by atoms with Gasteiger partial charge in [-0.25, -0.2) is 15.0 Å². The molecular formula is C14H14N4S. The summed E-state index contributed by atoms with van der Waals surface area (Å²) >= 11 is 1.71. The minimum Gasteiger partial charge on any atom is -0.379 e. The van der Waals surface area contributed by atoms with E-state index in [-0.39, 0.29) is 0 Å². The quantitative estimate of drug-likeness (QED) is 0.793. The Bertz CT molecular complexity index is 720. The van der Waals surface area contributed by atoms with Crippen LogP contribution in [0.5, 0.6) is 0 Å². The molecule has 0 unspecified atom stereocenters. The van der Waals surface area contributed by atoms with Crippen LogP contribution in [-0.4, -0.2) is 15.0 Å². The minimum atomic E-state index is 0.701. The van der Waals surface area contributed by atoms with E-state index in [4.69, 9.17) is 0 Å². The van der Waals surface area contributed by atoms with Gasteiger partial charge in [0, 0.05) is 11.9 Å². The van der Waals surface area contributed by atoms with E-state index >= 15 is 0 Å². The zero-order valence-corrected chi connectivity index (χ0v) is 11.7. The number of anilines is 1. The predicted octanol–water partition coefficient (Wildman–Crippen LogP) is 3.32. The van der Waals surface area contributed by atoms with E-state index in [0.29, 0.717) is 6.54 Å². The van der Waals surface area contributed by atoms with E-state index in [0.717, 1.165) is 27.7 Å². The number of thiazole rings is 1. The molecule has 0 aliphatic rings. The second-order valence-electron chi connectivity index (χ2n) is 4.36. The highest BCUT2D eigenvalue weighted by atomic mass is 32.1. The van der Waals surface area contributed by atoms with Crippen molar-refractivity contribution < 1.29 is 0 Å². The molecule has 4 nitrogen and oxygen atoms in total. The van der Waals surface area contributed by atoms with Gasteiger partial charge in [-0.1, -0.05) is 0 Å². The Balaban J connectivity index is 1.78. The fraction of sp³-hybridized carbons (Fsp3) is 0.214. The molecule has 0 bridgehead atoms. The first-order chi connectivity index (χ1) is 9.20. The van der Waals surface area contributed by atoms with Gasteiger partial charge in [0.15, 0.2) is 0 Å². The SMILES string of the molecule is Cc1nccc(CNc2ccc3nc(C)sc3c2)n1. The van der Waals surface area contributed by atoms with Gasteiger partial charge in [-0.05, 0) is 38.1 Å². The van der Waals surface area contributed by atoms with Gasteiger partial charge >= 0.3 is 0 Å². The van der Waals surface area contributed by atoms with E-state index in [9.17, 15) is 0 Å². The Hall–Kier alpha value is -2.01. The normalized spacial score (nSPS) is 10.8. The molecule has 0 radical (unpaired) electrons. The smallest absolute Gasteiger partial charge is 0.125 e. The standard InChI is InChI=1S/C14H14N4S/c1-9-15-6-5-12(17-9)8-16-11-3-4-13-14(7-11)19-10(2)18-13/h3-7,16H,8H2,1-2H3. The van der Waals surface area contributed by atoms with Gasteiger partial charge in [0.25, 0.3) is 0 Å². The Morgan fingerprint density at radius 3 is 2.89 bits per heavy atom. The summed E-state index contributed by atoms with van der Waals surface area (Å²) in [6, 6.07) is 8.16. The minimum absolute atomic E-state index is 0.701. The number of rotatable bonds is 3. The molecule has 0 atom stereocenters. The summed E-state index contributed by atoms with van der Waals surface area (Å²) < 4.78 is 1.21. The maximum absolute atomic E-state index is 4.45. The van der Waals surface area contributed by atoms with Crippen molar-refractivity contribution in [2.75, 3.05) is 5.32 Å². The van der Waals surface area contributed by atoms with E-state index in [1.165, 1.54) is 4.70 Å². The van der Waals surface area contributed by atoms with Crippen LogP contribution in [-0.2, 0) is 6.54 Å². The van der Waals surface area contributed by atoms with Gasteiger partial charge in [0.1, 0.15) is 5.82 Å². The highest BCUT2D eigenvalue weighted by molar-refractivity contribution is 7.18. The molecule has 3 aromatic rings. The topological polar surface area (TPSA) is 50.7 Å². The summed E-state index contributed by atoms with van der Waals surface area (Å²) in [7, 11) is 0. The van der Waals surface area contributed by atoms with Crippen molar-refractivity contribution in [3.05, 3.63) is 47.0 Å². The van der Waals surface area contributed by atoms with Crippen molar-refractivity contribution in [1.82, 2.24) is 15.0 Å². The van der Waals surface area contributed by atoms with Crippen molar-refractivity contribution in [3.63, 3.8) is 0 Å². The third kappa shape index (κ3) is 2.71. The van der Waals surface area contributed by atoms with Crippen molar-refractivity contribution in [2.45, 2.75) is 20.4 Å². The van der Waals surface area contributed by atoms with Gasteiger partial charge in [-0.3, -0.25) is 0 Å². The highest BCUT2D eigenvalue weighted by Gasteiger charge is 2.02. The molecule has 5 heteroatoms. The van der Waals surface area contributed by atoms with Crippen LogP contribution in [0.4, 0.5) is 5.69 Å². The van der Waals surface area contributed by atoms with Gasteiger partial charge in [-0.15, -0.1) is 11.3 Å². The second-order valence-corrected chi connectivity index (χ2v) is 5.60. The van der Waals surface area contributed by atoms with Gasteiger partial charge in [-0.2, -0.15) is 0 Å². The lowest BCUT2D eigenvalue weighted by atomic mass is 10.3. The van der Waals surface area contributed by atoms with E-state index in [1.807, 2.05) is 26.0 Å². The molecule has 19 heavy (non-hydrogen) atoms. The monoisotopic (exact) mass is 270 g/mol. The fourth-order valence-electron chi connectivity index (χ4n) is 1.95. The molecule has 0 fully saturated rings. The maximum atomic E-state index is 4.45. The van der Waals surface area contributed by atoms with Crippen LogP contribution in [0.2, 0.25) is 0 Å². The number of aromatic nitrogens is 3. The summed E-state index contributed by atoms with van der Waals surface area (Å²) in [5, 5.41) is 4.47. The van der Waals surface area contributed by atoms with Crippen LogP contribution in [0.25, 0.3) is 10.2 Å². The lowest BCUT2D eigenvalue weighted by molar-refractivity contribution is 0.955. The molecule has 0 aliphatic carbocycles. The average molecular weight is 270 g/mol. The summed E-state index contributed by atoms with van der Waals surface area (Å²) in [5.41, 5.74) is 3.14. The van der Waals surface area contributed by atoms with Gasteiger partial charge in [0.05, 0.1) is 27.5 Å². The second kappa shape index (κ2) is 4.93. The number of hydrogen-bond acceptors (Lipinski definition) is 5. The summed E-state index contributed by atoms with van der Waals surface area (Å²) in [5.74, 6) is 0.799. The zero-order valence-electron chi connectivity index (χ0n) is 10.8. The fourth-order valence-corrected chi connectivity index (χ4v) is 2.81. The Labute approximate surface area is 115 Å². The van der Waals surface area contributed by atoms with E-state index in [1.54, 1.807) is 17.5 Å². The largest absolute Gasteiger partial charge is 0.379 e. The first kappa shape index (κ1) is 12.0. The van der Waals surface area contributed by atoms with Crippen molar-refractivity contribution in [2.24, 2.45) is 0 Å². The van der Waals surface area contributed by atoms with Crippen LogP contribution in [0.3, 0.4) is 0 Å². The van der Waals surface area contributed by atoms with Crippen LogP contribution in [0.1, 0.15) is 16.5 Å². The van der Waals surface area contributed by atoms with Gasteiger partial charge < -0.3 is 5.32 Å². The Kier molecular flexibility index (Phi) is 3.13. The van der Waals surface area contributed by atoms with Crippen LogP contribution in [0, 0.1) is 13.8 Å². The summed E-state index contributed by atoms with van der Waals surface area (Å²) in [6.45, 7) is 4.63. The van der Waals surface area contributed by atoms with E-state index < -0.39 is 0 Å². The molecular weight excluding hydrogens is 256 g/mol. The lowest BCUT2D eigenvalue weighted by Gasteiger charge is -2.06. The number of benzene rings is 1. The molecule has 0 saturated heterocycles. The van der Waals surface area contributed by atoms with Crippen molar-refractivity contribution in [1.29, 1.82) is 0 Å². The molecule has 1 aromatic carbocycles. The molecule has 96 valence electrons. The third-order valence-corrected chi connectivity index (χ3v) is 3.74. The molecule has 0 amide bonds. The molecule has 2 heterocycles. The maximum Gasteiger partial charge on any atom is 0.125 e. The zero-order chi connectivity index (χ0) is 13.2. The first-order valence-corrected chi connectivity index (χ1v) is 6.92. The molecule has 0 saturated carbocycles. The molecule has 2 aromatic heterocycles. The molecule has 3 rings (SSSR count). The van der Waals surface area contributed by atoms with Gasteiger partial charge in [0.2, 0.25) is 0 Å². The van der Waals surface area contributed by atoms with Crippen LogP contribution >= 0.6 is 11.3 Å². The molecule has 0 aliphatic heterocycles. The van der Waals surface area contributed by atoms with Crippen LogP contribution in [0.15, 0.2) is 30.5 Å². The van der Waals surface area contributed by atoms with Crippen molar-refractivity contribution in [3.8, 4) is 0 Å². The number of aryl methyl sites for hydroxylation is 2. The number of nitrogens with one attached hydrogen (secondary N) is 1. The Morgan fingerprint density at radius 2 is 2.05 bits per heavy atom.